The van der Waals surface area contributed by atoms with Gasteiger partial charge in [-0.2, -0.15) is 0 Å². The van der Waals surface area contributed by atoms with Gasteiger partial charge in [-0.05, 0) is 6.16 Å². The van der Waals surface area contributed by atoms with Crippen LogP contribution in [0.2, 0.25) is 0 Å². The predicted molar refractivity (Wildman–Crippen MR) is 45.4 cm³/mol. The average molecular weight is 236 g/mol. The normalized spacial score (nSPS) is 4.17. The van der Waals surface area contributed by atoms with Crippen LogP contribution in [0.3, 0.4) is 0 Å². The van der Waals surface area contributed by atoms with Gasteiger partial charge in [-0.15, -0.1) is 49.8 Å². The maximum absolute atomic E-state index is 3.46. The molecule has 0 heterocycles. The lowest BCUT2D eigenvalue weighted by Gasteiger charge is -1.58. The van der Waals surface area contributed by atoms with E-state index < -0.39 is 0 Å². The van der Waals surface area contributed by atoms with E-state index in [1.165, 1.54) is 0 Å². The zero-order valence-electron chi connectivity index (χ0n) is 3.39. The first-order valence-electron chi connectivity index (χ1n) is 1.22. The summed E-state index contributed by atoms with van der Waals surface area (Å²) >= 11 is 0. The van der Waals surface area contributed by atoms with Gasteiger partial charge in [-0.25, -0.2) is 0 Å². The highest BCUT2D eigenvalue weighted by atomic mass is 79.9. The summed E-state index contributed by atoms with van der Waals surface area (Å²) in [5, 5.41) is 0. The molecule has 0 aliphatic carbocycles. The van der Waals surface area contributed by atoms with Crippen molar-refractivity contribution in [3.8, 4) is 0 Å². The van der Waals surface area contributed by atoms with Gasteiger partial charge in [0.25, 0.3) is 0 Å². The van der Waals surface area contributed by atoms with Gasteiger partial charge in [0.15, 0.2) is 0 Å². The minimum atomic E-state index is 0. The molecule has 0 spiro atoms. The summed E-state index contributed by atoms with van der Waals surface area (Å²) in [4.78, 5) is 0. The molecule has 0 aliphatic heterocycles. The molecule has 0 saturated carbocycles. The molecule has 1 atom stereocenters. The summed E-state index contributed by atoms with van der Waals surface area (Å²) in [6.07, 6.45) is 2.84. The highest BCUT2D eigenvalue weighted by Crippen LogP contribution is 1.74. The quantitative estimate of drug-likeness (QED) is 0.483. The third kappa shape index (κ3) is 19.3. The predicted octanol–water partition coefficient (Wildman–Crippen LogP) is 2.20. The summed E-state index contributed by atoms with van der Waals surface area (Å²) in [5.74, 6) is 0. The van der Waals surface area contributed by atoms with E-state index in [0.717, 1.165) is 6.16 Å². The fraction of sp³-hybridized carbons (Fsp3) is 0.333. The lowest BCUT2D eigenvalue weighted by atomic mass is 10.8. The van der Waals surface area contributed by atoms with Crippen LogP contribution < -0.4 is 0 Å². The molecule has 0 nitrogen and oxygen atoms in total. The Kier molecular flexibility index (Phi) is 43.1. The number of allylic oxidation sites excluding steroid dienone is 1. The molecule has 40 valence electrons. The molecule has 0 amide bonds. The molecule has 1 unspecified atom stereocenters. The molecule has 0 bridgehead atoms. The second-order valence-corrected chi connectivity index (χ2v) is 0.996. The molecular formula is C3H9Br2P. The second-order valence-electron chi connectivity index (χ2n) is 0.524. The Labute approximate surface area is 62.1 Å². The Morgan fingerprint density at radius 2 is 1.67 bits per heavy atom. The summed E-state index contributed by atoms with van der Waals surface area (Å²) < 4.78 is 0. The van der Waals surface area contributed by atoms with Crippen LogP contribution in [0.1, 0.15) is 0 Å². The van der Waals surface area contributed by atoms with E-state index in [4.69, 9.17) is 0 Å². The molecule has 0 fully saturated rings. The Hall–Kier alpha value is 1.13. The fourth-order valence-electron chi connectivity index (χ4n) is 0. The molecule has 0 radical (unpaired) electrons. The van der Waals surface area contributed by atoms with Gasteiger partial charge in [0.2, 0.25) is 0 Å². The summed E-state index contributed by atoms with van der Waals surface area (Å²) in [7, 11) is 2.54. The largest absolute Gasteiger partial charge is 0.134 e. The van der Waals surface area contributed by atoms with Gasteiger partial charge in [-0.1, -0.05) is 6.08 Å². The second kappa shape index (κ2) is 16.5. The summed E-state index contributed by atoms with van der Waals surface area (Å²) in [6.45, 7) is 3.46. The van der Waals surface area contributed by atoms with Gasteiger partial charge in [-0.3, -0.25) is 0 Å². The molecule has 0 aromatic carbocycles. The first kappa shape index (κ1) is 15.7. The number of rotatable bonds is 1. The SMILES string of the molecule is Br.Br.C=CCP. The van der Waals surface area contributed by atoms with E-state index in [1.54, 1.807) is 0 Å². The molecule has 0 N–H and O–H groups in total. The third-order valence-electron chi connectivity index (χ3n) is 0.167. The van der Waals surface area contributed by atoms with Crippen LogP contribution in [0, 0.1) is 0 Å². The molecule has 0 aromatic heterocycles. The van der Waals surface area contributed by atoms with Crippen LogP contribution in [0.4, 0.5) is 0 Å². The first-order chi connectivity index (χ1) is 1.91. The van der Waals surface area contributed by atoms with Crippen molar-refractivity contribution in [2.75, 3.05) is 6.16 Å². The first-order valence-corrected chi connectivity index (χ1v) is 2.04. The van der Waals surface area contributed by atoms with Gasteiger partial charge < -0.3 is 0 Å². The minimum absolute atomic E-state index is 0. The van der Waals surface area contributed by atoms with E-state index in [2.05, 4.69) is 15.8 Å². The molecular weight excluding hydrogens is 227 g/mol. The Bertz CT molecular complexity index is 22.8. The van der Waals surface area contributed by atoms with Crippen molar-refractivity contribution in [3.05, 3.63) is 12.7 Å². The van der Waals surface area contributed by atoms with Crippen molar-refractivity contribution in [2.45, 2.75) is 0 Å². The number of hydrogen-bond donors (Lipinski definition) is 0. The molecule has 0 rings (SSSR count). The summed E-state index contributed by atoms with van der Waals surface area (Å²) in [5.41, 5.74) is 0. The monoisotopic (exact) mass is 234 g/mol. The molecule has 6 heavy (non-hydrogen) atoms. The average Bonchev–Trinajstić information content (AvgIpc) is 1.37. The van der Waals surface area contributed by atoms with E-state index in [-0.39, 0.29) is 34.0 Å². The molecule has 3 heteroatoms. The van der Waals surface area contributed by atoms with Crippen molar-refractivity contribution >= 4 is 43.2 Å². The zero-order valence-corrected chi connectivity index (χ0v) is 7.97. The van der Waals surface area contributed by atoms with E-state index in [0.29, 0.717) is 0 Å². The third-order valence-corrected chi connectivity index (χ3v) is 0.500. The van der Waals surface area contributed by atoms with E-state index >= 15 is 0 Å². The van der Waals surface area contributed by atoms with Crippen molar-refractivity contribution in [3.63, 3.8) is 0 Å². The molecule has 0 saturated heterocycles. The van der Waals surface area contributed by atoms with Crippen LogP contribution in [-0.4, -0.2) is 6.16 Å². The Morgan fingerprint density at radius 1 is 1.50 bits per heavy atom. The van der Waals surface area contributed by atoms with Crippen molar-refractivity contribution in [2.24, 2.45) is 0 Å². The van der Waals surface area contributed by atoms with Gasteiger partial charge >= 0.3 is 0 Å². The number of halogens is 2. The molecule has 0 aliphatic rings. The van der Waals surface area contributed by atoms with Gasteiger partial charge in [0.1, 0.15) is 0 Å². The standard InChI is InChI=1S/C3H7P.2BrH/c1-2-3-4;;/h2H,1,3-4H2;2*1H. The maximum Gasteiger partial charge on any atom is -0.0203 e. The Morgan fingerprint density at radius 3 is 1.67 bits per heavy atom. The highest BCUT2D eigenvalue weighted by Gasteiger charge is 1.44. The molecule has 0 aromatic rings. The lowest BCUT2D eigenvalue weighted by Crippen LogP contribution is -1.43. The van der Waals surface area contributed by atoms with Gasteiger partial charge in [0, 0.05) is 0 Å². The van der Waals surface area contributed by atoms with Crippen molar-refractivity contribution in [1.29, 1.82) is 0 Å². The number of hydrogen-bond acceptors (Lipinski definition) is 0. The topological polar surface area (TPSA) is 0 Å². The van der Waals surface area contributed by atoms with Crippen molar-refractivity contribution < 1.29 is 0 Å². The lowest BCUT2D eigenvalue weighted by molar-refractivity contribution is 1.83. The smallest absolute Gasteiger partial charge is 0.0203 e. The fourth-order valence-corrected chi connectivity index (χ4v) is 0. The maximum atomic E-state index is 3.46. The van der Waals surface area contributed by atoms with E-state index in [9.17, 15) is 0 Å². The zero-order chi connectivity index (χ0) is 3.41. The van der Waals surface area contributed by atoms with Crippen LogP contribution in [0.25, 0.3) is 0 Å². The van der Waals surface area contributed by atoms with E-state index in [1.807, 2.05) is 6.08 Å². The highest BCUT2D eigenvalue weighted by molar-refractivity contribution is 8.93. The Balaban J connectivity index is -0.0000000450. The van der Waals surface area contributed by atoms with Crippen LogP contribution in [0.5, 0.6) is 0 Å². The van der Waals surface area contributed by atoms with Gasteiger partial charge in [0.05, 0.1) is 0 Å². The van der Waals surface area contributed by atoms with Crippen LogP contribution >= 0.6 is 43.2 Å². The summed E-state index contributed by atoms with van der Waals surface area (Å²) in [6, 6.07) is 0. The van der Waals surface area contributed by atoms with Crippen LogP contribution in [-0.2, 0) is 0 Å². The van der Waals surface area contributed by atoms with Crippen molar-refractivity contribution in [1.82, 2.24) is 0 Å². The van der Waals surface area contributed by atoms with Crippen LogP contribution in [0.15, 0.2) is 12.7 Å². The minimum Gasteiger partial charge on any atom is -0.134 e.